The van der Waals surface area contributed by atoms with Crippen LogP contribution < -0.4 is 0 Å². The number of benzene rings is 1. The quantitative estimate of drug-likeness (QED) is 0.770. The predicted molar refractivity (Wildman–Crippen MR) is 74.1 cm³/mol. The average molecular weight is 286 g/mol. The van der Waals surface area contributed by atoms with Crippen molar-refractivity contribution < 1.29 is 14.4 Å². The van der Waals surface area contributed by atoms with E-state index in [-0.39, 0.29) is 5.56 Å². The fourth-order valence-corrected chi connectivity index (χ4v) is 2.43. The second kappa shape index (κ2) is 5.35. The summed E-state index contributed by atoms with van der Waals surface area (Å²) in [5.74, 6) is 0.484. The summed E-state index contributed by atoms with van der Waals surface area (Å²) in [6.07, 6.45) is 2.56. The minimum Gasteiger partial charge on any atom is -0.478 e. The van der Waals surface area contributed by atoms with Gasteiger partial charge in [0, 0.05) is 19.4 Å². The summed E-state index contributed by atoms with van der Waals surface area (Å²) in [7, 11) is 0. The van der Waals surface area contributed by atoms with E-state index in [4.69, 9.17) is 4.52 Å². The van der Waals surface area contributed by atoms with Gasteiger partial charge in [0.25, 0.3) is 0 Å². The number of aromatic carboxylic acids is 1. The van der Waals surface area contributed by atoms with Crippen LogP contribution in [0.3, 0.4) is 0 Å². The number of aryl methyl sites for hydroxylation is 3. The summed E-state index contributed by atoms with van der Waals surface area (Å²) in [6, 6.07) is 5.13. The lowest BCUT2D eigenvalue weighted by molar-refractivity contribution is 0.0698. The van der Waals surface area contributed by atoms with Crippen LogP contribution in [0.2, 0.25) is 0 Å². The lowest BCUT2D eigenvalue weighted by Gasteiger charge is -2.08. The third-order valence-corrected chi connectivity index (χ3v) is 3.36. The maximum absolute atomic E-state index is 11.4. The molecule has 2 heterocycles. The number of rotatable bonds is 5. The third kappa shape index (κ3) is 2.37. The van der Waals surface area contributed by atoms with Gasteiger partial charge in [0.1, 0.15) is 5.82 Å². The molecule has 108 valence electrons. The highest BCUT2D eigenvalue weighted by Gasteiger charge is 2.17. The Morgan fingerprint density at radius 2 is 2.29 bits per heavy atom. The van der Waals surface area contributed by atoms with Crippen LogP contribution in [-0.2, 0) is 19.4 Å². The molecule has 7 heteroatoms. The molecular weight excluding hydrogens is 272 g/mol. The van der Waals surface area contributed by atoms with Crippen LogP contribution in [-0.4, -0.2) is 30.8 Å². The maximum Gasteiger partial charge on any atom is 0.337 e. The molecule has 0 spiro atoms. The zero-order chi connectivity index (χ0) is 14.8. The van der Waals surface area contributed by atoms with E-state index in [1.54, 1.807) is 12.1 Å². The highest BCUT2D eigenvalue weighted by molar-refractivity contribution is 6.01. The van der Waals surface area contributed by atoms with Crippen molar-refractivity contribution in [3.8, 4) is 0 Å². The molecule has 3 rings (SSSR count). The Morgan fingerprint density at radius 1 is 1.43 bits per heavy atom. The molecule has 0 aliphatic carbocycles. The van der Waals surface area contributed by atoms with Gasteiger partial charge in [-0.2, -0.15) is 4.98 Å². The Balaban J connectivity index is 2.07. The van der Waals surface area contributed by atoms with Gasteiger partial charge in [-0.3, -0.25) is 0 Å². The first-order valence-electron chi connectivity index (χ1n) is 6.67. The number of fused-ring (bicyclic) bond motifs is 1. The van der Waals surface area contributed by atoms with Crippen molar-refractivity contribution in [1.82, 2.24) is 19.7 Å². The summed E-state index contributed by atoms with van der Waals surface area (Å²) in [6.45, 7) is 2.55. The summed E-state index contributed by atoms with van der Waals surface area (Å²) in [5.41, 5.74) is 1.60. The standard InChI is InChI=1S/C14H14N4O3/c1-2-12-16-10-5-3-4-9(14(19)20)13(10)18(12)7-6-11-15-8-21-17-11/h3-5,8H,2,6-7H2,1H3,(H,19,20). The van der Waals surface area contributed by atoms with Gasteiger partial charge in [0.2, 0.25) is 6.39 Å². The van der Waals surface area contributed by atoms with Gasteiger partial charge >= 0.3 is 5.97 Å². The molecule has 0 radical (unpaired) electrons. The Kier molecular flexibility index (Phi) is 3.39. The topological polar surface area (TPSA) is 94.0 Å². The van der Waals surface area contributed by atoms with Crippen LogP contribution in [0, 0.1) is 0 Å². The number of hydrogen-bond acceptors (Lipinski definition) is 5. The zero-order valence-corrected chi connectivity index (χ0v) is 11.5. The molecule has 1 N–H and O–H groups in total. The third-order valence-electron chi connectivity index (χ3n) is 3.36. The van der Waals surface area contributed by atoms with Gasteiger partial charge in [-0.1, -0.05) is 18.1 Å². The summed E-state index contributed by atoms with van der Waals surface area (Å²) >= 11 is 0. The summed E-state index contributed by atoms with van der Waals surface area (Å²) in [4.78, 5) is 19.9. The van der Waals surface area contributed by atoms with Crippen molar-refractivity contribution >= 4 is 17.0 Å². The van der Waals surface area contributed by atoms with E-state index in [9.17, 15) is 9.90 Å². The van der Waals surface area contributed by atoms with Crippen LogP contribution in [0.4, 0.5) is 0 Å². The lowest BCUT2D eigenvalue weighted by Crippen LogP contribution is -2.09. The van der Waals surface area contributed by atoms with E-state index in [1.165, 1.54) is 6.39 Å². The number of carbonyl (C=O) groups is 1. The number of carboxylic acids is 1. The molecule has 0 saturated heterocycles. The van der Waals surface area contributed by atoms with Crippen molar-refractivity contribution in [3.63, 3.8) is 0 Å². The summed E-state index contributed by atoms with van der Waals surface area (Å²) in [5, 5.41) is 13.1. The van der Waals surface area contributed by atoms with Crippen molar-refractivity contribution in [1.29, 1.82) is 0 Å². The van der Waals surface area contributed by atoms with Crippen LogP contribution in [0.25, 0.3) is 11.0 Å². The van der Waals surface area contributed by atoms with E-state index in [1.807, 2.05) is 17.6 Å². The molecule has 0 aliphatic rings. The van der Waals surface area contributed by atoms with Gasteiger partial charge in [-0.15, -0.1) is 0 Å². The molecule has 1 aromatic carbocycles. The zero-order valence-electron chi connectivity index (χ0n) is 11.5. The molecule has 0 fully saturated rings. The predicted octanol–water partition coefficient (Wildman–Crippen LogP) is 1.92. The first kappa shape index (κ1) is 13.3. The molecule has 3 aromatic rings. The van der Waals surface area contributed by atoms with Gasteiger partial charge in [0.15, 0.2) is 5.82 Å². The second-order valence-corrected chi connectivity index (χ2v) is 4.61. The van der Waals surface area contributed by atoms with Crippen LogP contribution in [0.5, 0.6) is 0 Å². The SMILES string of the molecule is CCc1nc2cccc(C(=O)O)c2n1CCc1ncon1. The molecule has 21 heavy (non-hydrogen) atoms. The van der Waals surface area contributed by atoms with Crippen molar-refractivity contribution in [2.24, 2.45) is 0 Å². The minimum atomic E-state index is -0.955. The van der Waals surface area contributed by atoms with Crippen molar-refractivity contribution in [2.75, 3.05) is 0 Å². The fraction of sp³-hybridized carbons (Fsp3) is 0.286. The highest BCUT2D eigenvalue weighted by Crippen LogP contribution is 2.21. The molecular formula is C14H14N4O3. The van der Waals surface area contributed by atoms with Crippen LogP contribution in [0.1, 0.15) is 28.9 Å². The van der Waals surface area contributed by atoms with Crippen molar-refractivity contribution in [2.45, 2.75) is 26.3 Å². The monoisotopic (exact) mass is 286 g/mol. The Bertz CT molecular complexity index is 777. The second-order valence-electron chi connectivity index (χ2n) is 4.61. The van der Waals surface area contributed by atoms with Gasteiger partial charge in [0.05, 0.1) is 16.6 Å². The molecule has 0 unspecified atom stereocenters. The number of carboxylic acid groups (broad SMARTS) is 1. The Hall–Kier alpha value is -2.70. The number of para-hydroxylation sites is 1. The molecule has 0 amide bonds. The smallest absolute Gasteiger partial charge is 0.337 e. The van der Waals surface area contributed by atoms with E-state index < -0.39 is 5.97 Å². The number of imidazole rings is 1. The first-order chi connectivity index (χ1) is 10.2. The molecule has 0 saturated carbocycles. The van der Waals surface area contributed by atoms with E-state index in [0.717, 1.165) is 12.2 Å². The maximum atomic E-state index is 11.4. The molecule has 2 aromatic heterocycles. The number of hydrogen-bond donors (Lipinski definition) is 1. The van der Waals surface area contributed by atoms with Gasteiger partial charge in [-0.25, -0.2) is 9.78 Å². The molecule has 7 nitrogen and oxygen atoms in total. The Labute approximate surface area is 120 Å². The van der Waals surface area contributed by atoms with Gasteiger partial charge < -0.3 is 14.2 Å². The number of nitrogens with zero attached hydrogens (tertiary/aromatic N) is 4. The Morgan fingerprint density at radius 3 is 2.95 bits per heavy atom. The lowest BCUT2D eigenvalue weighted by atomic mass is 10.2. The average Bonchev–Trinajstić information content (AvgIpc) is 3.11. The summed E-state index contributed by atoms with van der Waals surface area (Å²) < 4.78 is 6.64. The molecule has 0 atom stereocenters. The van der Waals surface area contributed by atoms with E-state index in [0.29, 0.717) is 29.8 Å². The van der Waals surface area contributed by atoms with E-state index >= 15 is 0 Å². The highest BCUT2D eigenvalue weighted by atomic mass is 16.5. The van der Waals surface area contributed by atoms with E-state index in [2.05, 4.69) is 15.1 Å². The molecule has 0 bridgehead atoms. The number of aromatic nitrogens is 4. The molecule has 0 aliphatic heterocycles. The van der Waals surface area contributed by atoms with Crippen LogP contribution >= 0.6 is 0 Å². The van der Waals surface area contributed by atoms with Crippen LogP contribution in [0.15, 0.2) is 29.1 Å². The first-order valence-corrected chi connectivity index (χ1v) is 6.67. The van der Waals surface area contributed by atoms with Gasteiger partial charge in [-0.05, 0) is 12.1 Å². The largest absolute Gasteiger partial charge is 0.478 e. The fourth-order valence-electron chi connectivity index (χ4n) is 2.43. The van der Waals surface area contributed by atoms with Crippen molar-refractivity contribution in [3.05, 3.63) is 41.8 Å². The minimum absolute atomic E-state index is 0.257. The normalized spacial score (nSPS) is 11.1.